The maximum Gasteiger partial charge on any atom is 0.264 e. The number of ether oxygens (including phenoxy) is 1. The van der Waals surface area contributed by atoms with Crippen molar-refractivity contribution in [2.24, 2.45) is 0 Å². The number of carbonyl (C=O) groups excluding carboxylic acids is 1. The molecule has 0 saturated heterocycles. The maximum atomic E-state index is 13.3. The molecule has 0 atom stereocenters. The first-order valence-corrected chi connectivity index (χ1v) is 11.1. The average molecular weight is 483 g/mol. The molecule has 0 aliphatic rings. The fourth-order valence-corrected chi connectivity index (χ4v) is 4.49. The van der Waals surface area contributed by atoms with Crippen LogP contribution in [0.4, 0.5) is 15.8 Å². The molecule has 0 radical (unpaired) electrons. The number of hydrogen-bond donors (Lipinski definition) is 1. The molecule has 0 aliphatic heterocycles. The molecule has 31 heavy (non-hydrogen) atoms. The number of halogens is 3. The van der Waals surface area contributed by atoms with E-state index in [-0.39, 0.29) is 26.3 Å². The first-order valence-electron chi connectivity index (χ1n) is 8.88. The van der Waals surface area contributed by atoms with E-state index in [2.05, 4.69) is 5.32 Å². The highest BCUT2D eigenvalue weighted by Gasteiger charge is 2.27. The topological polar surface area (TPSA) is 75.7 Å². The van der Waals surface area contributed by atoms with Gasteiger partial charge in [0.05, 0.1) is 33.4 Å². The summed E-state index contributed by atoms with van der Waals surface area (Å²) in [5.41, 5.74) is 0.463. The molecule has 0 fully saturated rings. The smallest absolute Gasteiger partial charge is 0.264 e. The van der Waals surface area contributed by atoms with Crippen LogP contribution in [0.1, 0.15) is 0 Å². The van der Waals surface area contributed by atoms with Crippen LogP contribution >= 0.6 is 23.2 Å². The van der Waals surface area contributed by atoms with Crippen molar-refractivity contribution >= 4 is 50.5 Å². The summed E-state index contributed by atoms with van der Waals surface area (Å²) in [6, 6.07) is 15.2. The number of methoxy groups -OCH3 is 1. The third-order valence-corrected chi connectivity index (χ3v) is 6.88. The van der Waals surface area contributed by atoms with E-state index in [0.717, 1.165) is 28.6 Å². The van der Waals surface area contributed by atoms with E-state index >= 15 is 0 Å². The Morgan fingerprint density at radius 1 is 1.03 bits per heavy atom. The predicted molar refractivity (Wildman–Crippen MR) is 119 cm³/mol. The van der Waals surface area contributed by atoms with E-state index in [9.17, 15) is 17.6 Å². The third kappa shape index (κ3) is 5.28. The minimum atomic E-state index is -4.19. The quantitative estimate of drug-likeness (QED) is 0.515. The normalized spacial score (nSPS) is 11.1. The largest absolute Gasteiger partial charge is 0.497 e. The van der Waals surface area contributed by atoms with E-state index < -0.39 is 28.3 Å². The molecule has 6 nitrogen and oxygen atoms in total. The van der Waals surface area contributed by atoms with Gasteiger partial charge in [0.25, 0.3) is 10.0 Å². The lowest BCUT2D eigenvalue weighted by Crippen LogP contribution is -2.38. The van der Waals surface area contributed by atoms with Gasteiger partial charge in [0.1, 0.15) is 18.1 Å². The lowest BCUT2D eigenvalue weighted by atomic mass is 10.3. The van der Waals surface area contributed by atoms with Gasteiger partial charge in [0, 0.05) is 0 Å². The third-order valence-electron chi connectivity index (χ3n) is 4.27. The molecular formula is C21H17Cl2FN2O4S. The van der Waals surface area contributed by atoms with Crippen LogP contribution < -0.4 is 14.4 Å². The van der Waals surface area contributed by atoms with Gasteiger partial charge in [-0.1, -0.05) is 29.3 Å². The molecule has 0 bridgehead atoms. The van der Waals surface area contributed by atoms with Crippen LogP contribution in [0, 0.1) is 5.82 Å². The second-order valence-corrected chi connectivity index (χ2v) is 8.96. The molecule has 162 valence electrons. The number of rotatable bonds is 7. The van der Waals surface area contributed by atoms with Crippen LogP contribution in [0.2, 0.25) is 10.0 Å². The van der Waals surface area contributed by atoms with Gasteiger partial charge in [0.15, 0.2) is 0 Å². The predicted octanol–water partition coefficient (Wildman–Crippen LogP) is 4.98. The van der Waals surface area contributed by atoms with Crippen LogP contribution in [-0.4, -0.2) is 28.0 Å². The molecule has 3 aromatic carbocycles. The summed E-state index contributed by atoms with van der Waals surface area (Å²) in [5.74, 6) is -0.716. The van der Waals surface area contributed by atoms with Crippen molar-refractivity contribution in [1.29, 1.82) is 0 Å². The van der Waals surface area contributed by atoms with Gasteiger partial charge >= 0.3 is 0 Å². The van der Waals surface area contributed by atoms with Crippen LogP contribution in [0.5, 0.6) is 5.75 Å². The first-order chi connectivity index (χ1) is 14.7. The molecule has 0 unspecified atom stereocenters. The van der Waals surface area contributed by atoms with Crippen LogP contribution in [0.3, 0.4) is 0 Å². The van der Waals surface area contributed by atoms with Crippen molar-refractivity contribution in [3.05, 3.63) is 82.6 Å². The summed E-state index contributed by atoms with van der Waals surface area (Å²) >= 11 is 12.1. The van der Waals surface area contributed by atoms with Gasteiger partial charge in [-0.2, -0.15) is 0 Å². The Labute approximate surface area is 189 Å². The Hall–Kier alpha value is -2.81. The molecule has 0 saturated carbocycles. The number of nitrogens with zero attached hydrogens (tertiary/aromatic N) is 1. The van der Waals surface area contributed by atoms with Crippen LogP contribution in [0.25, 0.3) is 0 Å². The van der Waals surface area contributed by atoms with Gasteiger partial charge in [-0.25, -0.2) is 12.8 Å². The maximum absolute atomic E-state index is 13.3. The Morgan fingerprint density at radius 3 is 2.29 bits per heavy atom. The molecule has 1 N–H and O–H groups in total. The van der Waals surface area contributed by atoms with E-state index in [0.29, 0.717) is 5.75 Å². The number of amides is 1. The molecule has 3 aromatic rings. The van der Waals surface area contributed by atoms with Crippen molar-refractivity contribution < 1.29 is 22.3 Å². The Balaban J connectivity index is 1.96. The van der Waals surface area contributed by atoms with Gasteiger partial charge < -0.3 is 10.1 Å². The van der Waals surface area contributed by atoms with Gasteiger partial charge in [-0.05, 0) is 60.7 Å². The zero-order valence-corrected chi connectivity index (χ0v) is 18.5. The minimum absolute atomic E-state index is 0.134. The molecule has 3 rings (SSSR count). The zero-order valence-electron chi connectivity index (χ0n) is 16.2. The summed E-state index contributed by atoms with van der Waals surface area (Å²) in [7, 11) is -2.71. The highest BCUT2D eigenvalue weighted by atomic mass is 35.5. The Morgan fingerprint density at radius 2 is 1.68 bits per heavy atom. The number of benzene rings is 3. The molecule has 0 spiro atoms. The van der Waals surface area contributed by atoms with Gasteiger partial charge in [-0.15, -0.1) is 0 Å². The minimum Gasteiger partial charge on any atom is -0.497 e. The highest BCUT2D eigenvalue weighted by molar-refractivity contribution is 7.92. The lowest BCUT2D eigenvalue weighted by molar-refractivity contribution is -0.114. The molecule has 0 aromatic heterocycles. The second kappa shape index (κ2) is 9.55. The first kappa shape index (κ1) is 22.9. The Kier molecular flexibility index (Phi) is 7.04. The van der Waals surface area contributed by atoms with E-state index in [4.69, 9.17) is 27.9 Å². The zero-order chi connectivity index (χ0) is 22.6. The summed E-state index contributed by atoms with van der Waals surface area (Å²) in [6.45, 7) is -0.561. The summed E-state index contributed by atoms with van der Waals surface area (Å²) < 4.78 is 45.8. The number of anilines is 2. The van der Waals surface area contributed by atoms with E-state index in [1.165, 1.54) is 25.3 Å². The molecule has 1 amide bonds. The van der Waals surface area contributed by atoms with Crippen molar-refractivity contribution in [3.8, 4) is 5.75 Å². The van der Waals surface area contributed by atoms with Gasteiger partial charge in [-0.3, -0.25) is 9.10 Å². The number of carbonyl (C=O) groups is 1. The average Bonchev–Trinajstić information content (AvgIpc) is 2.75. The fourth-order valence-electron chi connectivity index (χ4n) is 2.72. The standard InChI is InChI=1S/C21H17Cl2FN2O4S/c1-30-16-9-7-15(8-10-16)26(31(28,29)17-11-5-14(24)6-12-17)13-20(27)25-19-4-2-3-18(22)21(19)23/h2-12H,13H2,1H3,(H,25,27). The molecular weight excluding hydrogens is 466 g/mol. The highest BCUT2D eigenvalue weighted by Crippen LogP contribution is 2.30. The second-order valence-electron chi connectivity index (χ2n) is 6.31. The van der Waals surface area contributed by atoms with Crippen molar-refractivity contribution in [3.63, 3.8) is 0 Å². The van der Waals surface area contributed by atoms with Crippen LogP contribution in [0.15, 0.2) is 71.6 Å². The van der Waals surface area contributed by atoms with E-state index in [1.54, 1.807) is 24.3 Å². The lowest BCUT2D eigenvalue weighted by Gasteiger charge is -2.24. The van der Waals surface area contributed by atoms with Crippen molar-refractivity contribution in [2.45, 2.75) is 4.90 Å². The summed E-state index contributed by atoms with van der Waals surface area (Å²) in [4.78, 5) is 12.5. The van der Waals surface area contributed by atoms with Crippen LogP contribution in [-0.2, 0) is 14.8 Å². The van der Waals surface area contributed by atoms with Crippen molar-refractivity contribution in [2.75, 3.05) is 23.3 Å². The number of nitrogens with one attached hydrogen (secondary N) is 1. The summed E-state index contributed by atoms with van der Waals surface area (Å²) in [5, 5.41) is 2.94. The molecule has 0 heterocycles. The Bertz CT molecular complexity index is 1190. The monoisotopic (exact) mass is 482 g/mol. The fraction of sp³-hybridized carbons (Fsp3) is 0.0952. The van der Waals surface area contributed by atoms with Gasteiger partial charge in [0.2, 0.25) is 5.91 Å². The SMILES string of the molecule is COc1ccc(N(CC(=O)Nc2cccc(Cl)c2Cl)S(=O)(=O)c2ccc(F)cc2)cc1. The number of hydrogen-bond acceptors (Lipinski definition) is 4. The van der Waals surface area contributed by atoms with Crippen molar-refractivity contribution in [1.82, 2.24) is 0 Å². The molecule has 10 heteroatoms. The number of sulfonamides is 1. The summed E-state index contributed by atoms with van der Waals surface area (Å²) in [6.07, 6.45) is 0. The molecule has 0 aliphatic carbocycles. The van der Waals surface area contributed by atoms with E-state index in [1.807, 2.05) is 0 Å².